The first-order valence-corrected chi connectivity index (χ1v) is 5.33. The highest BCUT2D eigenvalue weighted by molar-refractivity contribution is 7.16. The van der Waals surface area contributed by atoms with Crippen molar-refractivity contribution < 1.29 is 4.79 Å². The highest BCUT2D eigenvalue weighted by Gasteiger charge is 2.07. The number of aryl methyl sites for hydroxylation is 2. The summed E-state index contributed by atoms with van der Waals surface area (Å²) in [4.78, 5) is 15.6. The zero-order valence-corrected chi connectivity index (χ0v) is 10.7. The number of anilines is 1. The van der Waals surface area contributed by atoms with Crippen LogP contribution in [0.1, 0.15) is 17.1 Å². The van der Waals surface area contributed by atoms with Crippen LogP contribution in [0.15, 0.2) is 0 Å². The molecule has 1 rings (SSSR count). The highest BCUT2D eigenvalue weighted by Crippen LogP contribution is 2.22. The molecule has 1 aromatic heterocycles. The van der Waals surface area contributed by atoms with Gasteiger partial charge >= 0.3 is 0 Å². The SMILES string of the molecule is CNCCC(=O)Nc1sc(C)nc1C.Cl. The van der Waals surface area contributed by atoms with Crippen molar-refractivity contribution in [2.24, 2.45) is 0 Å². The lowest BCUT2D eigenvalue weighted by molar-refractivity contribution is -0.116. The van der Waals surface area contributed by atoms with Gasteiger partial charge in [-0.05, 0) is 20.9 Å². The van der Waals surface area contributed by atoms with Crippen LogP contribution in [-0.2, 0) is 4.79 Å². The Labute approximate surface area is 99.9 Å². The molecule has 0 atom stereocenters. The van der Waals surface area contributed by atoms with Crippen LogP contribution in [0.2, 0.25) is 0 Å². The van der Waals surface area contributed by atoms with Gasteiger partial charge in [0.1, 0.15) is 5.00 Å². The van der Waals surface area contributed by atoms with Gasteiger partial charge in [0.2, 0.25) is 5.91 Å². The molecule has 1 aromatic rings. The predicted octanol–water partition coefficient (Wildman–Crippen LogP) is 1.73. The molecule has 0 saturated carbocycles. The van der Waals surface area contributed by atoms with E-state index in [1.807, 2.05) is 20.9 Å². The smallest absolute Gasteiger partial charge is 0.226 e. The van der Waals surface area contributed by atoms with Gasteiger partial charge in [0.25, 0.3) is 0 Å². The molecule has 0 bridgehead atoms. The lowest BCUT2D eigenvalue weighted by Crippen LogP contribution is -2.18. The van der Waals surface area contributed by atoms with Crippen LogP contribution in [0.25, 0.3) is 0 Å². The van der Waals surface area contributed by atoms with Gasteiger partial charge in [0, 0.05) is 13.0 Å². The minimum atomic E-state index is 0. The molecule has 6 heteroatoms. The quantitative estimate of drug-likeness (QED) is 0.855. The number of thiazole rings is 1. The fraction of sp³-hybridized carbons (Fsp3) is 0.556. The summed E-state index contributed by atoms with van der Waals surface area (Å²) in [6, 6.07) is 0. The number of carbonyl (C=O) groups is 1. The molecular weight excluding hydrogens is 234 g/mol. The Bertz CT molecular complexity index is 327. The van der Waals surface area contributed by atoms with Gasteiger partial charge in [-0.25, -0.2) is 4.98 Å². The summed E-state index contributed by atoms with van der Waals surface area (Å²) in [6.07, 6.45) is 0.493. The van der Waals surface area contributed by atoms with E-state index in [9.17, 15) is 4.79 Å². The zero-order valence-electron chi connectivity index (χ0n) is 9.09. The van der Waals surface area contributed by atoms with E-state index in [1.165, 1.54) is 11.3 Å². The normalized spacial score (nSPS) is 9.53. The van der Waals surface area contributed by atoms with Crippen molar-refractivity contribution in [3.05, 3.63) is 10.7 Å². The second-order valence-corrected chi connectivity index (χ2v) is 4.25. The molecule has 0 aliphatic carbocycles. The number of hydrogen-bond donors (Lipinski definition) is 2. The number of amides is 1. The first-order valence-electron chi connectivity index (χ1n) is 4.52. The Kier molecular flexibility index (Phi) is 6.47. The summed E-state index contributed by atoms with van der Waals surface area (Å²) < 4.78 is 0. The minimum absolute atomic E-state index is 0. The standard InChI is InChI=1S/C9H15N3OS.ClH/c1-6-9(14-7(2)11-6)12-8(13)4-5-10-3;/h10H,4-5H2,1-3H3,(H,12,13);1H. The van der Waals surface area contributed by atoms with Crippen molar-refractivity contribution in [3.8, 4) is 0 Å². The zero-order chi connectivity index (χ0) is 10.6. The van der Waals surface area contributed by atoms with Gasteiger partial charge in [-0.2, -0.15) is 0 Å². The van der Waals surface area contributed by atoms with Crippen LogP contribution in [-0.4, -0.2) is 24.5 Å². The molecule has 1 heterocycles. The largest absolute Gasteiger partial charge is 0.319 e. The molecule has 0 spiro atoms. The van der Waals surface area contributed by atoms with E-state index in [1.54, 1.807) is 0 Å². The molecule has 0 radical (unpaired) electrons. The van der Waals surface area contributed by atoms with Gasteiger partial charge in [0.05, 0.1) is 10.7 Å². The monoisotopic (exact) mass is 249 g/mol. The summed E-state index contributed by atoms with van der Waals surface area (Å²) in [5.74, 6) is 0.0334. The van der Waals surface area contributed by atoms with E-state index < -0.39 is 0 Å². The van der Waals surface area contributed by atoms with Crippen LogP contribution in [0.5, 0.6) is 0 Å². The summed E-state index contributed by atoms with van der Waals surface area (Å²) >= 11 is 1.51. The number of nitrogens with one attached hydrogen (secondary N) is 2. The Balaban J connectivity index is 0.00000196. The van der Waals surface area contributed by atoms with E-state index in [-0.39, 0.29) is 18.3 Å². The Morgan fingerprint density at radius 1 is 1.47 bits per heavy atom. The molecular formula is C9H16ClN3OS. The second-order valence-electron chi connectivity index (χ2n) is 3.05. The van der Waals surface area contributed by atoms with Gasteiger partial charge in [-0.15, -0.1) is 23.7 Å². The van der Waals surface area contributed by atoms with Crippen LogP contribution < -0.4 is 10.6 Å². The Morgan fingerprint density at radius 2 is 2.13 bits per heavy atom. The molecule has 0 saturated heterocycles. The maximum atomic E-state index is 11.4. The first-order chi connectivity index (χ1) is 6.63. The van der Waals surface area contributed by atoms with Crippen molar-refractivity contribution in [2.45, 2.75) is 20.3 Å². The molecule has 2 N–H and O–H groups in total. The van der Waals surface area contributed by atoms with E-state index in [0.29, 0.717) is 13.0 Å². The number of rotatable bonds is 4. The van der Waals surface area contributed by atoms with Crippen LogP contribution in [0.3, 0.4) is 0 Å². The molecule has 0 aliphatic rings. The lowest BCUT2D eigenvalue weighted by atomic mass is 10.4. The van der Waals surface area contributed by atoms with Crippen LogP contribution >= 0.6 is 23.7 Å². The molecule has 1 amide bonds. The molecule has 86 valence electrons. The van der Waals surface area contributed by atoms with Crippen LogP contribution in [0.4, 0.5) is 5.00 Å². The second kappa shape index (κ2) is 6.76. The first kappa shape index (κ1) is 14.3. The highest BCUT2D eigenvalue weighted by atomic mass is 35.5. The van der Waals surface area contributed by atoms with Crippen LogP contribution in [0, 0.1) is 13.8 Å². The Hall–Kier alpha value is -0.650. The molecule has 15 heavy (non-hydrogen) atoms. The molecule has 0 unspecified atom stereocenters. The minimum Gasteiger partial charge on any atom is -0.319 e. The number of nitrogens with zero attached hydrogens (tertiary/aromatic N) is 1. The number of halogens is 1. The van der Waals surface area contributed by atoms with Gasteiger partial charge in [-0.3, -0.25) is 4.79 Å². The maximum Gasteiger partial charge on any atom is 0.226 e. The van der Waals surface area contributed by atoms with Crippen molar-refractivity contribution in [1.82, 2.24) is 10.3 Å². The predicted molar refractivity (Wildman–Crippen MR) is 66.0 cm³/mol. The fourth-order valence-electron chi connectivity index (χ4n) is 1.07. The van der Waals surface area contributed by atoms with E-state index in [0.717, 1.165) is 15.7 Å². The summed E-state index contributed by atoms with van der Waals surface area (Å²) in [7, 11) is 1.83. The van der Waals surface area contributed by atoms with E-state index in [4.69, 9.17) is 0 Å². The fourth-order valence-corrected chi connectivity index (χ4v) is 1.91. The number of aromatic nitrogens is 1. The third kappa shape index (κ3) is 4.59. The molecule has 0 fully saturated rings. The van der Waals surface area contributed by atoms with Crippen molar-refractivity contribution in [1.29, 1.82) is 0 Å². The summed E-state index contributed by atoms with van der Waals surface area (Å²) in [6.45, 7) is 4.53. The van der Waals surface area contributed by atoms with Gasteiger partial charge in [0.15, 0.2) is 0 Å². The maximum absolute atomic E-state index is 11.4. The average molecular weight is 250 g/mol. The molecule has 4 nitrogen and oxygen atoms in total. The van der Waals surface area contributed by atoms with Crippen molar-refractivity contribution in [2.75, 3.05) is 18.9 Å². The molecule has 0 aliphatic heterocycles. The lowest BCUT2D eigenvalue weighted by Gasteiger charge is -2.02. The number of hydrogen-bond acceptors (Lipinski definition) is 4. The van der Waals surface area contributed by atoms with E-state index in [2.05, 4.69) is 15.6 Å². The third-order valence-electron chi connectivity index (χ3n) is 1.76. The number of carbonyl (C=O) groups excluding carboxylic acids is 1. The Morgan fingerprint density at radius 3 is 2.60 bits per heavy atom. The third-order valence-corrected chi connectivity index (χ3v) is 2.75. The van der Waals surface area contributed by atoms with Crippen molar-refractivity contribution >= 4 is 34.7 Å². The van der Waals surface area contributed by atoms with E-state index >= 15 is 0 Å². The van der Waals surface area contributed by atoms with Gasteiger partial charge < -0.3 is 10.6 Å². The summed E-state index contributed by atoms with van der Waals surface area (Å²) in [5, 5.41) is 7.62. The van der Waals surface area contributed by atoms with Crippen molar-refractivity contribution in [3.63, 3.8) is 0 Å². The van der Waals surface area contributed by atoms with Gasteiger partial charge in [-0.1, -0.05) is 0 Å². The average Bonchev–Trinajstić information content (AvgIpc) is 2.42. The summed E-state index contributed by atoms with van der Waals surface area (Å²) in [5.41, 5.74) is 0.894. The molecule has 0 aromatic carbocycles. The topological polar surface area (TPSA) is 54.0 Å².